The van der Waals surface area contributed by atoms with Gasteiger partial charge in [-0.3, -0.25) is 0 Å². The normalized spacial score (nSPS) is 12.8. The molecule has 0 bridgehead atoms. The minimum absolute atomic E-state index is 0.0873. The molecule has 124 valence electrons. The molecule has 4 nitrogen and oxygen atoms in total. The molecule has 0 heterocycles. The van der Waals surface area contributed by atoms with Gasteiger partial charge in [-0.15, -0.1) is 5.12 Å². The number of amides is 1. The molecule has 0 saturated carbocycles. The van der Waals surface area contributed by atoms with E-state index in [1.807, 2.05) is 25.1 Å². The minimum atomic E-state index is -0.989. The van der Waals surface area contributed by atoms with Crippen molar-refractivity contribution in [3.05, 3.63) is 35.4 Å². The molecule has 1 aromatic rings. The van der Waals surface area contributed by atoms with Crippen LogP contribution in [0.2, 0.25) is 0 Å². The average molecular weight is 311 g/mol. The molecule has 22 heavy (non-hydrogen) atoms. The molecule has 0 aliphatic carbocycles. The van der Waals surface area contributed by atoms with Gasteiger partial charge in [0.2, 0.25) is 0 Å². The number of aliphatic hydroxyl groups is 1. The van der Waals surface area contributed by atoms with E-state index in [2.05, 4.69) is 0 Å². The van der Waals surface area contributed by atoms with E-state index in [1.165, 1.54) is 0 Å². The number of ether oxygens (including phenoxy) is 1. The summed E-state index contributed by atoms with van der Waals surface area (Å²) in [4.78, 5) is 11.7. The Morgan fingerprint density at radius 1 is 1.32 bits per heavy atom. The van der Waals surface area contributed by atoms with E-state index in [1.54, 1.807) is 26.8 Å². The molecule has 0 radical (unpaired) electrons. The standard InChI is InChI=1S/C17H26FNO3/c1-5-13(12-20)10-14-8-6-7-9-15(14)11-19(18)16(21)22-17(2,3)4/h6-9,13,20H,5,10-12H2,1-4H3. The highest BCUT2D eigenvalue weighted by atomic mass is 19.2. The van der Waals surface area contributed by atoms with Gasteiger partial charge in [0.1, 0.15) is 5.60 Å². The number of halogens is 1. The predicted molar refractivity (Wildman–Crippen MR) is 83.9 cm³/mol. The van der Waals surface area contributed by atoms with Gasteiger partial charge in [0, 0.05) is 6.61 Å². The Morgan fingerprint density at radius 3 is 2.41 bits per heavy atom. The Labute approximate surface area is 131 Å². The predicted octanol–water partition coefficient (Wildman–Crippen LogP) is 3.87. The Morgan fingerprint density at radius 2 is 1.91 bits per heavy atom. The van der Waals surface area contributed by atoms with Crippen molar-refractivity contribution < 1.29 is 19.1 Å². The van der Waals surface area contributed by atoms with Gasteiger partial charge < -0.3 is 9.84 Å². The van der Waals surface area contributed by atoms with Crippen molar-refractivity contribution >= 4 is 6.09 Å². The summed E-state index contributed by atoms with van der Waals surface area (Å²) in [5, 5.41) is 9.40. The molecular formula is C17H26FNO3. The van der Waals surface area contributed by atoms with Crippen LogP contribution in [0.4, 0.5) is 9.28 Å². The van der Waals surface area contributed by atoms with E-state index >= 15 is 0 Å². The lowest BCUT2D eigenvalue weighted by Crippen LogP contribution is -2.31. The minimum Gasteiger partial charge on any atom is -0.442 e. The molecule has 5 heteroatoms. The maximum atomic E-state index is 14.0. The van der Waals surface area contributed by atoms with Crippen LogP contribution in [-0.2, 0) is 17.7 Å². The zero-order valence-electron chi connectivity index (χ0n) is 13.8. The number of hydrogen-bond donors (Lipinski definition) is 1. The summed E-state index contributed by atoms with van der Waals surface area (Å²) in [5.41, 5.74) is 0.933. The molecule has 1 unspecified atom stereocenters. The van der Waals surface area contributed by atoms with Gasteiger partial charge in [0.25, 0.3) is 0 Å². The number of carbonyl (C=O) groups is 1. The van der Waals surface area contributed by atoms with Crippen molar-refractivity contribution in [2.75, 3.05) is 6.61 Å². The van der Waals surface area contributed by atoms with Crippen molar-refractivity contribution in [3.8, 4) is 0 Å². The van der Waals surface area contributed by atoms with Gasteiger partial charge in [-0.05, 0) is 44.2 Å². The first-order chi connectivity index (χ1) is 10.3. The van der Waals surface area contributed by atoms with E-state index < -0.39 is 11.7 Å². The topological polar surface area (TPSA) is 49.8 Å². The third-order valence-electron chi connectivity index (χ3n) is 3.36. The zero-order chi connectivity index (χ0) is 16.8. The maximum absolute atomic E-state index is 14.0. The zero-order valence-corrected chi connectivity index (χ0v) is 13.8. The van der Waals surface area contributed by atoms with Crippen LogP contribution < -0.4 is 0 Å². The highest BCUT2D eigenvalue weighted by Gasteiger charge is 2.23. The first-order valence-corrected chi connectivity index (χ1v) is 7.60. The summed E-state index contributed by atoms with van der Waals surface area (Å²) in [5.74, 6) is 0.135. The fourth-order valence-corrected chi connectivity index (χ4v) is 2.09. The first kappa shape index (κ1) is 18.4. The summed E-state index contributed by atoms with van der Waals surface area (Å²) >= 11 is 0. The summed E-state index contributed by atoms with van der Waals surface area (Å²) in [6.07, 6.45) is 0.512. The van der Waals surface area contributed by atoms with Crippen LogP contribution in [0, 0.1) is 5.92 Å². The van der Waals surface area contributed by atoms with Crippen LogP contribution in [0.15, 0.2) is 24.3 Å². The number of hydrogen-bond acceptors (Lipinski definition) is 3. The Kier molecular flexibility index (Phi) is 6.81. The van der Waals surface area contributed by atoms with E-state index in [9.17, 15) is 14.4 Å². The third kappa shape index (κ3) is 6.02. The average Bonchev–Trinajstić information content (AvgIpc) is 2.44. The van der Waals surface area contributed by atoms with Crippen LogP contribution >= 0.6 is 0 Å². The summed E-state index contributed by atoms with van der Waals surface area (Å²) in [6.45, 7) is 7.02. The van der Waals surface area contributed by atoms with Crippen LogP contribution in [-0.4, -0.2) is 28.5 Å². The van der Waals surface area contributed by atoms with Crippen molar-refractivity contribution in [2.45, 2.75) is 52.7 Å². The third-order valence-corrected chi connectivity index (χ3v) is 3.36. The van der Waals surface area contributed by atoms with E-state index in [0.717, 1.165) is 17.5 Å². The number of nitrogens with zero attached hydrogens (tertiary/aromatic N) is 1. The van der Waals surface area contributed by atoms with E-state index in [4.69, 9.17) is 4.74 Å². The lowest BCUT2D eigenvalue weighted by Gasteiger charge is -2.23. The molecule has 1 aromatic carbocycles. The largest absolute Gasteiger partial charge is 0.442 e. The van der Waals surface area contributed by atoms with Crippen LogP contribution in [0.3, 0.4) is 0 Å². The monoisotopic (exact) mass is 311 g/mol. The van der Waals surface area contributed by atoms with Crippen LogP contribution in [0.5, 0.6) is 0 Å². The molecule has 0 aromatic heterocycles. The van der Waals surface area contributed by atoms with Gasteiger partial charge in [0.05, 0.1) is 6.54 Å². The maximum Gasteiger partial charge on any atom is 0.438 e. The fraction of sp³-hybridized carbons (Fsp3) is 0.588. The van der Waals surface area contributed by atoms with Gasteiger partial charge in [0.15, 0.2) is 0 Å². The molecule has 0 fully saturated rings. The van der Waals surface area contributed by atoms with E-state index in [-0.39, 0.29) is 24.2 Å². The number of carbonyl (C=O) groups excluding carboxylic acids is 1. The highest BCUT2D eigenvalue weighted by molar-refractivity contribution is 5.66. The van der Waals surface area contributed by atoms with Gasteiger partial charge >= 0.3 is 6.09 Å². The first-order valence-electron chi connectivity index (χ1n) is 7.60. The smallest absolute Gasteiger partial charge is 0.438 e. The highest BCUT2D eigenvalue weighted by Crippen LogP contribution is 2.19. The molecule has 0 aliphatic heterocycles. The van der Waals surface area contributed by atoms with Crippen LogP contribution in [0.25, 0.3) is 0 Å². The van der Waals surface area contributed by atoms with Crippen molar-refractivity contribution in [3.63, 3.8) is 0 Å². The summed E-state index contributed by atoms with van der Waals surface area (Å²) in [7, 11) is 0. The van der Waals surface area contributed by atoms with Crippen molar-refractivity contribution in [1.29, 1.82) is 0 Å². The molecule has 1 rings (SSSR count). The molecular weight excluding hydrogens is 285 g/mol. The quantitative estimate of drug-likeness (QED) is 0.811. The van der Waals surface area contributed by atoms with Crippen molar-refractivity contribution in [1.82, 2.24) is 5.12 Å². The lowest BCUT2D eigenvalue weighted by molar-refractivity contribution is -0.0351. The molecule has 1 amide bonds. The van der Waals surface area contributed by atoms with Gasteiger partial charge in [-0.2, -0.15) is 0 Å². The number of aliphatic hydroxyl groups excluding tert-OH is 1. The summed E-state index contributed by atoms with van der Waals surface area (Å²) < 4.78 is 19.0. The Balaban J connectivity index is 2.78. The molecule has 0 spiro atoms. The molecule has 0 aliphatic rings. The van der Waals surface area contributed by atoms with Crippen molar-refractivity contribution in [2.24, 2.45) is 5.92 Å². The lowest BCUT2D eigenvalue weighted by atomic mass is 9.94. The Bertz CT molecular complexity index is 481. The van der Waals surface area contributed by atoms with Gasteiger partial charge in [-0.25, -0.2) is 4.79 Å². The second kappa shape index (κ2) is 8.13. The van der Waals surface area contributed by atoms with Gasteiger partial charge in [-0.1, -0.05) is 42.1 Å². The fourth-order valence-electron chi connectivity index (χ4n) is 2.09. The second-order valence-corrected chi connectivity index (χ2v) is 6.43. The molecule has 1 N–H and O–H groups in total. The number of benzene rings is 1. The SMILES string of the molecule is CCC(CO)Cc1ccccc1CN(F)C(=O)OC(C)(C)C. The molecule has 1 atom stereocenters. The van der Waals surface area contributed by atoms with E-state index in [0.29, 0.717) is 6.42 Å². The summed E-state index contributed by atoms with van der Waals surface area (Å²) in [6, 6.07) is 7.37. The Hall–Kier alpha value is -1.62. The van der Waals surface area contributed by atoms with Crippen LogP contribution in [0.1, 0.15) is 45.2 Å². The number of rotatable bonds is 6. The molecule has 0 saturated heterocycles. The second-order valence-electron chi connectivity index (χ2n) is 6.43.